The maximum Gasteiger partial charge on any atom is 0.132 e. The molecule has 0 bridgehead atoms. The average molecular weight is 511 g/mol. The van der Waals surface area contributed by atoms with Crippen molar-refractivity contribution < 1.29 is 4.74 Å². The van der Waals surface area contributed by atoms with Crippen LogP contribution in [0, 0.1) is 0 Å². The molecular weight excluding hydrogens is 484 g/mol. The van der Waals surface area contributed by atoms with Crippen LogP contribution >= 0.6 is 0 Å². The van der Waals surface area contributed by atoms with Crippen LogP contribution in [0.1, 0.15) is 22.3 Å². The van der Waals surface area contributed by atoms with Crippen molar-refractivity contribution in [2.45, 2.75) is 5.41 Å². The SMILES string of the molecule is c1ccc(C2(c3ccccc3)c3ccccc3Oc3ccc(-c4cc5ccccc5c5ccccc45)cc32)cc1. The van der Waals surface area contributed by atoms with Gasteiger partial charge in [-0.2, -0.15) is 0 Å². The molecule has 0 N–H and O–H groups in total. The van der Waals surface area contributed by atoms with E-state index in [9.17, 15) is 0 Å². The number of benzene rings is 7. The Hall–Kier alpha value is -5.14. The Bertz CT molecular complexity index is 1980. The second-order valence-corrected chi connectivity index (χ2v) is 10.5. The Balaban J connectivity index is 1.48. The van der Waals surface area contributed by atoms with Crippen LogP contribution in [0.15, 0.2) is 158 Å². The van der Waals surface area contributed by atoms with Gasteiger partial charge in [0.05, 0.1) is 5.41 Å². The molecule has 1 heteroatoms. The summed E-state index contributed by atoms with van der Waals surface area (Å²) in [5.41, 5.74) is 6.62. The molecule has 0 saturated heterocycles. The molecule has 0 aromatic heterocycles. The first-order valence-corrected chi connectivity index (χ1v) is 13.8. The van der Waals surface area contributed by atoms with Crippen molar-refractivity contribution in [2.75, 3.05) is 0 Å². The third kappa shape index (κ3) is 3.28. The van der Waals surface area contributed by atoms with Crippen molar-refractivity contribution >= 4 is 21.5 Å². The van der Waals surface area contributed by atoms with Crippen LogP contribution in [0.4, 0.5) is 0 Å². The lowest BCUT2D eigenvalue weighted by molar-refractivity contribution is 0.434. The van der Waals surface area contributed by atoms with Crippen molar-refractivity contribution in [3.63, 3.8) is 0 Å². The van der Waals surface area contributed by atoms with E-state index in [0.717, 1.165) is 22.6 Å². The maximum absolute atomic E-state index is 6.62. The Morgan fingerprint density at radius 1 is 0.400 bits per heavy atom. The molecule has 0 fully saturated rings. The Morgan fingerprint density at radius 3 is 1.73 bits per heavy atom. The van der Waals surface area contributed by atoms with Gasteiger partial charge in [0, 0.05) is 11.1 Å². The van der Waals surface area contributed by atoms with Gasteiger partial charge in [-0.3, -0.25) is 0 Å². The summed E-state index contributed by atoms with van der Waals surface area (Å²) in [5, 5.41) is 5.04. The van der Waals surface area contributed by atoms with Crippen LogP contribution in [0.2, 0.25) is 0 Å². The van der Waals surface area contributed by atoms with Gasteiger partial charge in [-0.05, 0) is 68.1 Å². The molecule has 1 aliphatic rings. The normalized spacial score (nSPS) is 13.4. The van der Waals surface area contributed by atoms with E-state index in [1.807, 2.05) is 0 Å². The van der Waals surface area contributed by atoms with Crippen LogP contribution in [0.3, 0.4) is 0 Å². The van der Waals surface area contributed by atoms with Crippen molar-refractivity contribution in [1.29, 1.82) is 0 Å². The van der Waals surface area contributed by atoms with Gasteiger partial charge in [0.15, 0.2) is 0 Å². The van der Waals surface area contributed by atoms with Crippen LogP contribution < -0.4 is 4.74 Å². The number of para-hydroxylation sites is 1. The van der Waals surface area contributed by atoms with E-state index < -0.39 is 5.41 Å². The Labute approximate surface area is 233 Å². The molecule has 8 rings (SSSR count). The summed E-state index contributed by atoms with van der Waals surface area (Å²) < 4.78 is 6.62. The molecule has 7 aromatic rings. The second kappa shape index (κ2) is 8.97. The van der Waals surface area contributed by atoms with Crippen LogP contribution in [0.5, 0.6) is 11.5 Å². The lowest BCUT2D eigenvalue weighted by Crippen LogP contribution is -2.34. The maximum atomic E-state index is 6.62. The van der Waals surface area contributed by atoms with Crippen molar-refractivity contribution in [2.24, 2.45) is 0 Å². The fourth-order valence-corrected chi connectivity index (χ4v) is 6.67. The lowest BCUT2D eigenvalue weighted by atomic mass is 9.63. The lowest BCUT2D eigenvalue weighted by Gasteiger charge is -2.41. The van der Waals surface area contributed by atoms with Gasteiger partial charge in [0.2, 0.25) is 0 Å². The molecule has 7 aromatic carbocycles. The van der Waals surface area contributed by atoms with E-state index in [1.165, 1.54) is 43.8 Å². The fourth-order valence-electron chi connectivity index (χ4n) is 6.67. The summed E-state index contributed by atoms with van der Waals surface area (Å²) in [6.45, 7) is 0. The predicted octanol–water partition coefficient (Wildman–Crippen LogP) is 10.1. The number of fused-ring (bicyclic) bond motifs is 5. The van der Waals surface area contributed by atoms with E-state index in [2.05, 4.69) is 158 Å². The number of hydrogen-bond acceptors (Lipinski definition) is 1. The van der Waals surface area contributed by atoms with Gasteiger partial charge in [-0.15, -0.1) is 0 Å². The third-order valence-corrected chi connectivity index (χ3v) is 8.39. The summed E-state index contributed by atoms with van der Waals surface area (Å²) >= 11 is 0. The Morgan fingerprint density at radius 2 is 0.975 bits per heavy atom. The van der Waals surface area contributed by atoms with Crippen molar-refractivity contribution in [1.82, 2.24) is 0 Å². The third-order valence-electron chi connectivity index (χ3n) is 8.39. The molecule has 0 saturated carbocycles. The molecule has 0 amide bonds. The number of rotatable bonds is 3. The molecule has 0 spiro atoms. The van der Waals surface area contributed by atoms with E-state index in [1.54, 1.807) is 0 Å². The quantitative estimate of drug-likeness (QED) is 0.215. The molecule has 0 unspecified atom stereocenters. The van der Waals surface area contributed by atoms with Gasteiger partial charge in [-0.1, -0.05) is 133 Å². The highest BCUT2D eigenvalue weighted by Crippen LogP contribution is 2.56. The molecule has 40 heavy (non-hydrogen) atoms. The van der Waals surface area contributed by atoms with E-state index in [4.69, 9.17) is 4.74 Å². The predicted molar refractivity (Wildman–Crippen MR) is 165 cm³/mol. The van der Waals surface area contributed by atoms with Crippen molar-refractivity contribution in [3.05, 3.63) is 180 Å². The highest BCUT2D eigenvalue weighted by Gasteiger charge is 2.45. The van der Waals surface area contributed by atoms with Gasteiger partial charge in [0.1, 0.15) is 11.5 Å². The molecule has 1 nitrogen and oxygen atoms in total. The first kappa shape index (κ1) is 22.8. The molecule has 0 atom stereocenters. The molecule has 1 aliphatic heterocycles. The summed E-state index contributed by atoms with van der Waals surface area (Å²) in [4.78, 5) is 0. The van der Waals surface area contributed by atoms with E-state index in [0.29, 0.717) is 0 Å². The largest absolute Gasteiger partial charge is 0.457 e. The summed E-state index contributed by atoms with van der Waals surface area (Å²) in [6.07, 6.45) is 0. The van der Waals surface area contributed by atoms with E-state index >= 15 is 0 Å². The topological polar surface area (TPSA) is 9.23 Å². The van der Waals surface area contributed by atoms with Gasteiger partial charge in [0.25, 0.3) is 0 Å². The zero-order valence-electron chi connectivity index (χ0n) is 21.9. The first-order valence-electron chi connectivity index (χ1n) is 13.8. The standard InChI is InChI=1S/C39H26O/c1-3-14-29(15-4-1)39(30-16-5-2-6-17-30)35-21-11-12-22-37(35)40-38-24-23-28(26-36(38)39)34-25-27-13-7-8-18-31(27)32-19-9-10-20-33(32)34/h1-26H. The molecule has 188 valence electrons. The van der Waals surface area contributed by atoms with Gasteiger partial charge >= 0.3 is 0 Å². The number of ether oxygens (including phenoxy) is 1. The van der Waals surface area contributed by atoms with Gasteiger partial charge < -0.3 is 4.74 Å². The van der Waals surface area contributed by atoms with Crippen LogP contribution in [-0.2, 0) is 5.41 Å². The molecular formula is C39H26O. The molecule has 0 aliphatic carbocycles. The monoisotopic (exact) mass is 510 g/mol. The number of hydrogen-bond donors (Lipinski definition) is 0. The van der Waals surface area contributed by atoms with Gasteiger partial charge in [-0.25, -0.2) is 0 Å². The minimum absolute atomic E-state index is 0.532. The van der Waals surface area contributed by atoms with Crippen molar-refractivity contribution in [3.8, 4) is 22.6 Å². The summed E-state index contributed by atoms with van der Waals surface area (Å²) in [7, 11) is 0. The highest BCUT2D eigenvalue weighted by molar-refractivity contribution is 6.13. The zero-order chi connectivity index (χ0) is 26.5. The smallest absolute Gasteiger partial charge is 0.132 e. The van der Waals surface area contributed by atoms with Crippen LogP contribution in [-0.4, -0.2) is 0 Å². The van der Waals surface area contributed by atoms with Crippen LogP contribution in [0.25, 0.3) is 32.7 Å². The van der Waals surface area contributed by atoms with E-state index in [-0.39, 0.29) is 0 Å². The highest BCUT2D eigenvalue weighted by atomic mass is 16.5. The minimum atomic E-state index is -0.532. The second-order valence-electron chi connectivity index (χ2n) is 10.5. The summed E-state index contributed by atoms with van der Waals surface area (Å²) in [5.74, 6) is 1.78. The minimum Gasteiger partial charge on any atom is -0.457 e. The zero-order valence-corrected chi connectivity index (χ0v) is 21.9. The average Bonchev–Trinajstić information content (AvgIpc) is 3.04. The molecule has 0 radical (unpaired) electrons. The molecule has 1 heterocycles. The first-order chi connectivity index (χ1) is 19.8. The Kier molecular flexibility index (Phi) is 5.11. The summed E-state index contributed by atoms with van der Waals surface area (Å²) in [6, 6.07) is 56.7. The fraction of sp³-hybridized carbons (Fsp3) is 0.0256.